The minimum absolute atomic E-state index is 0.119. The minimum Gasteiger partial charge on any atom is -0.450 e. The van der Waals surface area contributed by atoms with Gasteiger partial charge in [0.1, 0.15) is 0 Å². The molecular formula is C12H11BrO3. The molecular weight excluding hydrogens is 272 g/mol. The lowest BCUT2D eigenvalue weighted by Gasteiger charge is -2.24. The maximum atomic E-state index is 11.7. The van der Waals surface area contributed by atoms with Crippen LogP contribution in [0.2, 0.25) is 0 Å². The molecule has 0 amide bonds. The Morgan fingerprint density at radius 2 is 2.19 bits per heavy atom. The number of carbonyl (C=O) groups is 2. The van der Waals surface area contributed by atoms with Gasteiger partial charge in [0, 0.05) is 10.9 Å². The summed E-state index contributed by atoms with van der Waals surface area (Å²) in [6, 6.07) is 3.73. The van der Waals surface area contributed by atoms with Gasteiger partial charge in [0.25, 0.3) is 0 Å². The molecule has 1 aliphatic rings. The van der Waals surface area contributed by atoms with Crippen molar-refractivity contribution in [1.82, 2.24) is 0 Å². The van der Waals surface area contributed by atoms with E-state index in [1.807, 2.05) is 13.0 Å². The van der Waals surface area contributed by atoms with Crippen molar-refractivity contribution in [2.45, 2.75) is 26.4 Å². The molecule has 4 heteroatoms. The summed E-state index contributed by atoms with van der Waals surface area (Å²) < 4.78 is 5.94. The van der Waals surface area contributed by atoms with Crippen molar-refractivity contribution in [3.8, 4) is 0 Å². The largest absolute Gasteiger partial charge is 0.450 e. The van der Waals surface area contributed by atoms with Crippen LogP contribution in [0.25, 0.3) is 0 Å². The monoisotopic (exact) mass is 282 g/mol. The molecule has 1 heterocycles. The fourth-order valence-electron chi connectivity index (χ4n) is 1.81. The van der Waals surface area contributed by atoms with Gasteiger partial charge in [0.05, 0.1) is 5.56 Å². The van der Waals surface area contributed by atoms with Crippen molar-refractivity contribution in [3.63, 3.8) is 0 Å². The van der Waals surface area contributed by atoms with E-state index < -0.39 is 12.1 Å². The van der Waals surface area contributed by atoms with E-state index in [0.29, 0.717) is 12.0 Å². The van der Waals surface area contributed by atoms with Crippen LogP contribution in [0.1, 0.15) is 28.4 Å². The third-order valence-corrected chi connectivity index (χ3v) is 3.36. The summed E-state index contributed by atoms with van der Waals surface area (Å²) in [5.41, 5.74) is 2.41. The minimum atomic E-state index is -0.640. The predicted octanol–water partition coefficient (Wildman–Crippen LogP) is 2.43. The number of ether oxygens (including phenoxy) is 1. The molecule has 0 saturated heterocycles. The molecule has 0 aliphatic carbocycles. The highest BCUT2D eigenvalue weighted by atomic mass is 79.9. The molecule has 2 rings (SSSR count). The van der Waals surface area contributed by atoms with E-state index in [-0.39, 0.29) is 5.78 Å². The van der Waals surface area contributed by atoms with Gasteiger partial charge in [0.15, 0.2) is 11.9 Å². The molecule has 0 N–H and O–H groups in total. The molecule has 0 saturated carbocycles. The van der Waals surface area contributed by atoms with E-state index in [4.69, 9.17) is 4.74 Å². The van der Waals surface area contributed by atoms with Gasteiger partial charge < -0.3 is 4.74 Å². The number of cyclic esters (lactones) is 1. The topological polar surface area (TPSA) is 43.4 Å². The number of hydrogen-bond acceptors (Lipinski definition) is 3. The van der Waals surface area contributed by atoms with Gasteiger partial charge >= 0.3 is 5.97 Å². The molecule has 1 aromatic rings. The Bertz CT molecular complexity index is 479. The molecule has 0 fully saturated rings. The predicted molar refractivity (Wildman–Crippen MR) is 62.5 cm³/mol. The number of hydrogen-bond donors (Lipinski definition) is 0. The Labute approximate surface area is 102 Å². The number of aryl methyl sites for hydroxylation is 1. The van der Waals surface area contributed by atoms with Gasteiger partial charge in [-0.25, -0.2) is 4.79 Å². The highest BCUT2D eigenvalue weighted by Crippen LogP contribution is 2.29. The van der Waals surface area contributed by atoms with Crippen LogP contribution in [0.3, 0.4) is 0 Å². The van der Waals surface area contributed by atoms with E-state index in [1.54, 1.807) is 6.07 Å². The molecule has 1 atom stereocenters. The lowest BCUT2D eigenvalue weighted by molar-refractivity contribution is -0.125. The van der Waals surface area contributed by atoms with E-state index in [2.05, 4.69) is 15.9 Å². The number of rotatable bonds is 1. The van der Waals surface area contributed by atoms with Crippen molar-refractivity contribution in [3.05, 3.63) is 33.3 Å². The molecule has 16 heavy (non-hydrogen) atoms. The second-order valence-electron chi connectivity index (χ2n) is 3.98. The van der Waals surface area contributed by atoms with Gasteiger partial charge in [-0.15, -0.1) is 0 Å². The first-order valence-electron chi connectivity index (χ1n) is 4.99. The number of Topliss-reactive ketones (excluding diaryl/α,β-unsaturated/α-hetero) is 1. The lowest BCUT2D eigenvalue weighted by Crippen LogP contribution is -2.33. The summed E-state index contributed by atoms with van der Waals surface area (Å²) in [5, 5.41) is 0. The van der Waals surface area contributed by atoms with Crippen LogP contribution in [-0.2, 0) is 16.0 Å². The van der Waals surface area contributed by atoms with Crippen LogP contribution in [0, 0.1) is 6.92 Å². The van der Waals surface area contributed by atoms with E-state index in [1.165, 1.54) is 6.92 Å². The third-order valence-electron chi connectivity index (χ3n) is 2.65. The summed E-state index contributed by atoms with van der Waals surface area (Å²) >= 11 is 3.42. The first kappa shape index (κ1) is 11.3. The summed E-state index contributed by atoms with van der Waals surface area (Å²) in [6.07, 6.45) is -0.184. The SMILES string of the molecule is CC(=O)C1Cc2c(Br)cc(C)cc2C(=O)O1. The number of ketones is 1. The van der Waals surface area contributed by atoms with E-state index in [0.717, 1.165) is 15.6 Å². The van der Waals surface area contributed by atoms with Gasteiger partial charge in [-0.3, -0.25) is 4.79 Å². The maximum absolute atomic E-state index is 11.7. The smallest absolute Gasteiger partial charge is 0.339 e. The van der Waals surface area contributed by atoms with Gasteiger partial charge in [0.2, 0.25) is 0 Å². The van der Waals surface area contributed by atoms with Gasteiger partial charge in [-0.05, 0) is 37.1 Å². The quantitative estimate of drug-likeness (QED) is 0.743. The van der Waals surface area contributed by atoms with E-state index in [9.17, 15) is 9.59 Å². The number of halogens is 1. The number of benzene rings is 1. The molecule has 0 aromatic heterocycles. The summed E-state index contributed by atoms with van der Waals surface area (Å²) in [7, 11) is 0. The number of esters is 1. The summed E-state index contributed by atoms with van der Waals surface area (Å²) in [6.45, 7) is 3.35. The standard InChI is InChI=1S/C12H11BrO3/c1-6-3-9-8(10(13)4-6)5-11(7(2)14)16-12(9)15/h3-4,11H,5H2,1-2H3. The van der Waals surface area contributed by atoms with Crippen LogP contribution in [-0.4, -0.2) is 17.9 Å². The second-order valence-corrected chi connectivity index (χ2v) is 4.84. The second kappa shape index (κ2) is 4.01. The highest BCUT2D eigenvalue weighted by molar-refractivity contribution is 9.10. The maximum Gasteiger partial charge on any atom is 0.339 e. The first-order valence-corrected chi connectivity index (χ1v) is 5.79. The average Bonchev–Trinajstić information content (AvgIpc) is 2.19. The highest BCUT2D eigenvalue weighted by Gasteiger charge is 2.30. The average molecular weight is 283 g/mol. The Kier molecular flexibility index (Phi) is 2.84. The van der Waals surface area contributed by atoms with Crippen LogP contribution < -0.4 is 0 Å². The number of carbonyl (C=O) groups excluding carboxylic acids is 2. The molecule has 0 spiro atoms. The molecule has 84 valence electrons. The normalized spacial score (nSPS) is 18.9. The molecule has 1 aromatic carbocycles. The Hall–Kier alpha value is -1.16. The fraction of sp³-hybridized carbons (Fsp3) is 0.333. The summed E-state index contributed by atoms with van der Waals surface area (Å²) in [5.74, 6) is -0.530. The van der Waals surface area contributed by atoms with Crippen LogP contribution in [0.15, 0.2) is 16.6 Å². The fourth-order valence-corrected chi connectivity index (χ4v) is 2.54. The van der Waals surface area contributed by atoms with Crippen LogP contribution in [0.4, 0.5) is 0 Å². The lowest BCUT2D eigenvalue weighted by atomic mass is 9.95. The zero-order chi connectivity index (χ0) is 11.9. The Morgan fingerprint density at radius 3 is 2.81 bits per heavy atom. The van der Waals surface area contributed by atoms with Crippen LogP contribution >= 0.6 is 15.9 Å². The van der Waals surface area contributed by atoms with Crippen molar-refractivity contribution < 1.29 is 14.3 Å². The van der Waals surface area contributed by atoms with Crippen LogP contribution in [0.5, 0.6) is 0 Å². The third kappa shape index (κ3) is 1.89. The Morgan fingerprint density at radius 1 is 1.50 bits per heavy atom. The zero-order valence-electron chi connectivity index (χ0n) is 9.04. The van der Waals surface area contributed by atoms with Gasteiger partial charge in [-0.2, -0.15) is 0 Å². The molecule has 3 nitrogen and oxygen atoms in total. The Balaban J connectivity index is 2.50. The van der Waals surface area contributed by atoms with Crippen molar-refractivity contribution in [2.75, 3.05) is 0 Å². The van der Waals surface area contributed by atoms with Crippen molar-refractivity contribution in [1.29, 1.82) is 0 Å². The van der Waals surface area contributed by atoms with E-state index >= 15 is 0 Å². The first-order chi connectivity index (χ1) is 7.49. The van der Waals surface area contributed by atoms with Crippen molar-refractivity contribution >= 4 is 27.7 Å². The van der Waals surface area contributed by atoms with Crippen molar-refractivity contribution in [2.24, 2.45) is 0 Å². The molecule has 1 unspecified atom stereocenters. The van der Waals surface area contributed by atoms with Gasteiger partial charge in [-0.1, -0.05) is 15.9 Å². The summed E-state index contributed by atoms with van der Waals surface area (Å²) in [4.78, 5) is 22.9. The molecule has 1 aliphatic heterocycles. The number of fused-ring (bicyclic) bond motifs is 1. The zero-order valence-corrected chi connectivity index (χ0v) is 10.6. The molecule has 0 bridgehead atoms. The molecule has 0 radical (unpaired) electrons.